The Hall–Kier alpha value is -2.77. The molecule has 0 saturated carbocycles. The molecule has 1 unspecified atom stereocenters. The number of halogens is 1. The van der Waals surface area contributed by atoms with Crippen molar-refractivity contribution in [1.29, 1.82) is 0 Å². The van der Waals surface area contributed by atoms with Crippen molar-refractivity contribution < 1.29 is 23.8 Å². The van der Waals surface area contributed by atoms with E-state index in [1.807, 2.05) is 36.1 Å². The van der Waals surface area contributed by atoms with Gasteiger partial charge in [-0.25, -0.2) is 0 Å². The number of amides is 2. The maximum Gasteiger partial charge on any atom is 0.260 e. The molecule has 2 aromatic carbocycles. The van der Waals surface area contributed by atoms with Gasteiger partial charge in [0.1, 0.15) is 18.1 Å². The van der Waals surface area contributed by atoms with E-state index in [0.717, 1.165) is 43.4 Å². The SMILES string of the molecule is CCCCN1CCOc2ccccc2CCCCC2(CN(C(=O)COc3ccc(Cl)c(C)c3)CCO2)C1=O. The minimum absolute atomic E-state index is 0.0462. The average Bonchev–Trinajstić information content (AvgIpc) is 2.93. The highest BCUT2D eigenvalue weighted by molar-refractivity contribution is 6.31. The normalized spacial score (nSPS) is 20.8. The highest BCUT2D eigenvalue weighted by Gasteiger charge is 2.46. The zero-order chi connectivity index (χ0) is 27.0. The summed E-state index contributed by atoms with van der Waals surface area (Å²) in [5.41, 5.74) is 1.01. The summed E-state index contributed by atoms with van der Waals surface area (Å²) < 4.78 is 18.2. The van der Waals surface area contributed by atoms with Gasteiger partial charge in [0.15, 0.2) is 12.2 Å². The second-order valence-corrected chi connectivity index (χ2v) is 10.6. The van der Waals surface area contributed by atoms with Crippen molar-refractivity contribution in [2.75, 3.05) is 46.0 Å². The number of carbonyl (C=O) groups excluding carboxylic acids is 2. The first-order valence-corrected chi connectivity index (χ1v) is 14.1. The Morgan fingerprint density at radius 3 is 2.79 bits per heavy atom. The molecule has 2 amide bonds. The molecule has 1 saturated heterocycles. The molecule has 4 rings (SSSR count). The van der Waals surface area contributed by atoms with E-state index in [4.69, 9.17) is 25.8 Å². The predicted molar refractivity (Wildman–Crippen MR) is 148 cm³/mol. The molecule has 1 fully saturated rings. The number of rotatable bonds is 6. The molecule has 2 aliphatic rings. The van der Waals surface area contributed by atoms with Crippen LogP contribution in [0.1, 0.15) is 50.2 Å². The first-order chi connectivity index (χ1) is 18.4. The van der Waals surface area contributed by atoms with E-state index >= 15 is 0 Å². The van der Waals surface area contributed by atoms with Gasteiger partial charge in [0, 0.05) is 18.1 Å². The quantitative estimate of drug-likeness (QED) is 0.510. The Morgan fingerprint density at radius 1 is 1.13 bits per heavy atom. The van der Waals surface area contributed by atoms with Gasteiger partial charge in [0.2, 0.25) is 0 Å². The highest BCUT2D eigenvalue weighted by Crippen LogP contribution is 2.30. The van der Waals surface area contributed by atoms with Gasteiger partial charge in [-0.15, -0.1) is 0 Å². The van der Waals surface area contributed by atoms with Gasteiger partial charge in [-0.3, -0.25) is 9.59 Å². The van der Waals surface area contributed by atoms with Crippen LogP contribution in [0.4, 0.5) is 0 Å². The molecule has 38 heavy (non-hydrogen) atoms. The second kappa shape index (κ2) is 13.3. The molecule has 0 radical (unpaired) electrons. The molecule has 206 valence electrons. The zero-order valence-electron chi connectivity index (χ0n) is 22.5. The summed E-state index contributed by atoms with van der Waals surface area (Å²) >= 11 is 6.11. The second-order valence-electron chi connectivity index (χ2n) is 10.2. The summed E-state index contributed by atoms with van der Waals surface area (Å²) in [6.45, 7) is 6.42. The Bertz CT molecular complexity index is 1110. The number of hydrogen-bond acceptors (Lipinski definition) is 5. The fraction of sp³-hybridized carbons (Fsp3) is 0.533. The van der Waals surface area contributed by atoms with Crippen molar-refractivity contribution in [3.8, 4) is 11.5 Å². The smallest absolute Gasteiger partial charge is 0.260 e. The number of morpholine rings is 1. The number of nitrogens with zero attached hydrogens (tertiary/aromatic N) is 2. The molecule has 0 aromatic heterocycles. The fourth-order valence-electron chi connectivity index (χ4n) is 5.12. The van der Waals surface area contributed by atoms with Gasteiger partial charge in [-0.1, -0.05) is 43.1 Å². The number of hydrogen-bond donors (Lipinski definition) is 0. The molecule has 0 bridgehead atoms. The molecule has 0 aliphatic carbocycles. The Kier molecular flexibility index (Phi) is 9.91. The average molecular weight is 543 g/mol. The van der Waals surface area contributed by atoms with E-state index in [2.05, 4.69) is 13.0 Å². The lowest BCUT2D eigenvalue weighted by atomic mass is 9.90. The predicted octanol–water partition coefficient (Wildman–Crippen LogP) is 5.06. The van der Waals surface area contributed by atoms with Crippen LogP contribution in [0.2, 0.25) is 5.02 Å². The summed E-state index contributed by atoms with van der Waals surface area (Å²) in [6, 6.07) is 13.5. The van der Waals surface area contributed by atoms with Crippen LogP contribution in [0.25, 0.3) is 0 Å². The van der Waals surface area contributed by atoms with E-state index in [-0.39, 0.29) is 25.0 Å². The number of aryl methyl sites for hydroxylation is 2. The Morgan fingerprint density at radius 2 is 1.97 bits per heavy atom. The van der Waals surface area contributed by atoms with Crippen molar-refractivity contribution in [1.82, 2.24) is 9.80 Å². The third-order valence-electron chi connectivity index (χ3n) is 7.36. The van der Waals surface area contributed by atoms with Crippen molar-refractivity contribution in [2.24, 2.45) is 0 Å². The maximum absolute atomic E-state index is 14.1. The van der Waals surface area contributed by atoms with Crippen LogP contribution in [0, 0.1) is 6.92 Å². The van der Waals surface area contributed by atoms with Gasteiger partial charge in [-0.05, 0) is 74.4 Å². The number of carbonyl (C=O) groups is 2. The zero-order valence-corrected chi connectivity index (χ0v) is 23.3. The molecule has 1 spiro atoms. The number of fused-ring (bicyclic) bond motifs is 1. The summed E-state index contributed by atoms with van der Waals surface area (Å²) in [5.74, 6) is 1.29. The summed E-state index contributed by atoms with van der Waals surface area (Å²) in [7, 11) is 0. The van der Waals surface area contributed by atoms with Crippen molar-refractivity contribution in [2.45, 2.75) is 58.0 Å². The van der Waals surface area contributed by atoms with Gasteiger partial charge in [0.05, 0.1) is 19.7 Å². The first kappa shape index (κ1) is 28.2. The monoisotopic (exact) mass is 542 g/mol. The Balaban J connectivity index is 1.49. The molecule has 2 aromatic rings. The van der Waals surface area contributed by atoms with Crippen molar-refractivity contribution in [3.63, 3.8) is 0 Å². The topological polar surface area (TPSA) is 68.3 Å². The molecule has 1 atom stereocenters. The minimum Gasteiger partial charge on any atom is -0.491 e. The first-order valence-electron chi connectivity index (χ1n) is 13.7. The van der Waals surface area contributed by atoms with Crippen LogP contribution in [0.3, 0.4) is 0 Å². The molecule has 8 heteroatoms. The van der Waals surface area contributed by atoms with Crippen LogP contribution in [0.15, 0.2) is 42.5 Å². The highest BCUT2D eigenvalue weighted by atomic mass is 35.5. The number of para-hydroxylation sites is 1. The van der Waals surface area contributed by atoms with Crippen molar-refractivity contribution >= 4 is 23.4 Å². The van der Waals surface area contributed by atoms with E-state index in [1.54, 1.807) is 17.0 Å². The number of ether oxygens (including phenoxy) is 3. The standard InChI is InChI=1S/C30H39ClN2O5/c1-3-4-15-32-16-18-36-27-11-6-5-9-24(27)10-7-8-14-30(29(32)35)22-33(17-19-38-30)28(34)21-37-25-12-13-26(31)23(2)20-25/h5-6,9,11-13,20H,3-4,7-8,10,14-19,21-22H2,1-2H3. The lowest BCUT2D eigenvalue weighted by molar-refractivity contribution is -0.177. The van der Waals surface area contributed by atoms with Crippen molar-refractivity contribution in [3.05, 3.63) is 58.6 Å². The van der Waals surface area contributed by atoms with Gasteiger partial charge < -0.3 is 24.0 Å². The minimum atomic E-state index is -1.06. The van der Waals surface area contributed by atoms with E-state index < -0.39 is 5.60 Å². The summed E-state index contributed by atoms with van der Waals surface area (Å²) in [5, 5.41) is 0.654. The van der Waals surface area contributed by atoms with Crippen LogP contribution >= 0.6 is 11.6 Å². The van der Waals surface area contributed by atoms with Gasteiger partial charge >= 0.3 is 0 Å². The third kappa shape index (κ3) is 7.00. The van der Waals surface area contributed by atoms with Crippen LogP contribution < -0.4 is 9.47 Å². The molecule has 0 N–H and O–H groups in total. The number of unbranched alkanes of at least 4 members (excludes halogenated alkanes) is 1. The molecular weight excluding hydrogens is 504 g/mol. The fourth-order valence-corrected chi connectivity index (χ4v) is 5.24. The maximum atomic E-state index is 14.1. The van der Waals surface area contributed by atoms with Gasteiger partial charge in [-0.2, -0.15) is 0 Å². The van der Waals surface area contributed by atoms with Crippen LogP contribution in [0.5, 0.6) is 11.5 Å². The van der Waals surface area contributed by atoms with E-state index in [0.29, 0.717) is 50.0 Å². The molecule has 7 nitrogen and oxygen atoms in total. The van der Waals surface area contributed by atoms with Crippen LogP contribution in [-0.2, 0) is 20.7 Å². The lowest BCUT2D eigenvalue weighted by Crippen LogP contribution is -2.62. The Labute approximate surface area is 231 Å². The van der Waals surface area contributed by atoms with E-state index in [9.17, 15) is 9.59 Å². The van der Waals surface area contributed by atoms with Crippen LogP contribution in [-0.4, -0.2) is 73.2 Å². The molecule has 2 aliphatic heterocycles. The molecule has 2 heterocycles. The lowest BCUT2D eigenvalue weighted by Gasteiger charge is -2.44. The summed E-state index contributed by atoms with van der Waals surface area (Å²) in [4.78, 5) is 30.9. The largest absolute Gasteiger partial charge is 0.491 e. The number of benzene rings is 2. The molecular formula is C30H39ClN2O5. The van der Waals surface area contributed by atoms with E-state index in [1.165, 1.54) is 5.56 Å². The van der Waals surface area contributed by atoms with Gasteiger partial charge in [0.25, 0.3) is 11.8 Å². The summed E-state index contributed by atoms with van der Waals surface area (Å²) in [6.07, 6.45) is 5.03. The third-order valence-corrected chi connectivity index (χ3v) is 7.78.